The van der Waals surface area contributed by atoms with Gasteiger partial charge in [0.05, 0.1) is 5.39 Å². The molecule has 71 heavy (non-hydrogen) atoms. The van der Waals surface area contributed by atoms with Crippen molar-refractivity contribution in [3.8, 4) is 55.8 Å². The third-order valence-electron chi connectivity index (χ3n) is 13.0. The monoisotopic (exact) mass is 1100 g/mol. The maximum atomic E-state index is 12.9. The summed E-state index contributed by atoms with van der Waals surface area (Å²) in [7, 11) is 0. The molecule has 0 bridgehead atoms. The first-order valence-corrected chi connectivity index (χ1v) is 23.2. The Bertz CT molecular complexity index is 3910. The van der Waals surface area contributed by atoms with Crippen molar-refractivity contribution < 1.29 is 28.9 Å². The molecule has 6 aromatic heterocycles. The molecule has 6 heterocycles. The number of hydrogen-bond donors (Lipinski definition) is 0. The summed E-state index contributed by atoms with van der Waals surface area (Å²) in [6.07, 6.45) is 9.85. The third-order valence-corrected chi connectivity index (χ3v) is 13.0. The first-order valence-electron chi connectivity index (χ1n) is 23.2. The fraction of sp³-hybridized carbons (Fsp3) is 0.0645. The Morgan fingerprint density at radius 3 is 1.75 bits per heavy atom. The molecule has 0 aliphatic heterocycles. The molecule has 0 N–H and O–H groups in total. The van der Waals surface area contributed by atoms with E-state index in [1.165, 1.54) is 11.1 Å². The van der Waals surface area contributed by atoms with Crippen LogP contribution in [0.3, 0.4) is 0 Å². The molecule has 0 saturated heterocycles. The first kappa shape index (κ1) is 45.0. The van der Waals surface area contributed by atoms with Gasteiger partial charge in [0.2, 0.25) is 0 Å². The van der Waals surface area contributed by atoms with Crippen LogP contribution in [0.5, 0.6) is 0 Å². The molecule has 12 rings (SSSR count). The van der Waals surface area contributed by atoms with Gasteiger partial charge < -0.3 is 18.8 Å². The van der Waals surface area contributed by atoms with Gasteiger partial charge in [-0.15, -0.1) is 47.5 Å². The number of pyridine rings is 4. The largest absolute Gasteiger partial charge is 0.472 e. The van der Waals surface area contributed by atoms with Gasteiger partial charge >= 0.3 is 11.3 Å². The maximum Gasteiger partial charge on any atom is 0.345 e. The predicted molar refractivity (Wildman–Crippen MR) is 277 cm³/mol. The van der Waals surface area contributed by atoms with Crippen molar-refractivity contribution in [1.82, 2.24) is 19.9 Å². The fourth-order valence-electron chi connectivity index (χ4n) is 9.41. The molecule has 9 heteroatoms. The van der Waals surface area contributed by atoms with Gasteiger partial charge in [0.25, 0.3) is 0 Å². The predicted octanol–water partition coefficient (Wildman–Crippen LogP) is 13.3. The van der Waals surface area contributed by atoms with Gasteiger partial charge in [0.1, 0.15) is 11.0 Å². The number of aryl methyl sites for hydroxylation is 4. The molecule has 0 spiro atoms. The van der Waals surface area contributed by atoms with Crippen molar-refractivity contribution in [1.29, 1.82) is 0 Å². The molecule has 0 fully saturated rings. The molecular weight excluding hydrogens is 1060 g/mol. The molecule has 1 radical (unpaired) electrons. The van der Waals surface area contributed by atoms with Crippen LogP contribution in [0.4, 0.5) is 0 Å². The Kier molecular flexibility index (Phi) is 12.3. The van der Waals surface area contributed by atoms with Crippen LogP contribution in [0, 0.1) is 12.1 Å². The third kappa shape index (κ3) is 9.12. The van der Waals surface area contributed by atoms with E-state index in [0.29, 0.717) is 63.1 Å². The minimum absolute atomic E-state index is 0. The van der Waals surface area contributed by atoms with Crippen molar-refractivity contribution in [3.63, 3.8) is 0 Å². The average molecular weight is 1100 g/mol. The van der Waals surface area contributed by atoms with Gasteiger partial charge in [0.15, 0.2) is 5.58 Å². The molecule has 0 aliphatic carbocycles. The molecule has 0 amide bonds. The van der Waals surface area contributed by atoms with Crippen LogP contribution < -0.4 is 11.3 Å². The smallest absolute Gasteiger partial charge is 0.345 e. The summed E-state index contributed by atoms with van der Waals surface area (Å²) in [4.78, 5) is 44.1. The molecule has 12 aromatic rings. The van der Waals surface area contributed by atoms with Crippen molar-refractivity contribution in [2.24, 2.45) is 0 Å². The van der Waals surface area contributed by atoms with E-state index >= 15 is 0 Å². The minimum atomic E-state index is -0.430. The number of aromatic nitrogens is 4. The molecule has 0 saturated carbocycles. The van der Waals surface area contributed by atoms with E-state index in [0.717, 1.165) is 73.3 Å². The van der Waals surface area contributed by atoms with Crippen LogP contribution in [0.15, 0.2) is 213 Å². The zero-order valence-electron chi connectivity index (χ0n) is 38.1. The van der Waals surface area contributed by atoms with Crippen LogP contribution in [0.2, 0.25) is 0 Å². The van der Waals surface area contributed by atoms with Crippen molar-refractivity contribution in [2.45, 2.75) is 25.7 Å². The van der Waals surface area contributed by atoms with Crippen molar-refractivity contribution >= 4 is 43.9 Å². The van der Waals surface area contributed by atoms with Gasteiger partial charge in [-0.2, -0.15) is 0 Å². The van der Waals surface area contributed by atoms with E-state index in [4.69, 9.17) is 18.8 Å². The summed E-state index contributed by atoms with van der Waals surface area (Å²) in [5.74, 6) is 0. The molecule has 0 atom stereocenters. The summed E-state index contributed by atoms with van der Waals surface area (Å²) in [6.45, 7) is 0. The Labute approximate surface area is 421 Å². The topological polar surface area (TPSA) is 112 Å². The van der Waals surface area contributed by atoms with Crippen LogP contribution >= 0.6 is 0 Å². The van der Waals surface area contributed by atoms with Crippen LogP contribution in [-0.2, 0) is 45.8 Å². The van der Waals surface area contributed by atoms with Gasteiger partial charge in [-0.25, -0.2) is 9.59 Å². The number of benzene rings is 6. The second-order valence-corrected chi connectivity index (χ2v) is 17.5. The van der Waals surface area contributed by atoms with Gasteiger partial charge in [-0.1, -0.05) is 138 Å². The van der Waals surface area contributed by atoms with Crippen molar-refractivity contribution in [3.05, 3.63) is 250 Å². The normalized spacial score (nSPS) is 11.3. The quantitative estimate of drug-likeness (QED) is 0.0715. The summed E-state index contributed by atoms with van der Waals surface area (Å²) < 4.78 is 11.5. The first-order chi connectivity index (χ1) is 34.5. The molecule has 0 aliphatic rings. The van der Waals surface area contributed by atoms with Crippen molar-refractivity contribution in [2.75, 3.05) is 0 Å². The van der Waals surface area contributed by atoms with E-state index in [2.05, 4.69) is 137 Å². The molecule has 0 unspecified atom stereocenters. The van der Waals surface area contributed by atoms with Gasteiger partial charge in [-0.3, -0.25) is 9.97 Å². The maximum absolute atomic E-state index is 12.9. The number of hydrogen-bond acceptors (Lipinski definition) is 8. The summed E-state index contributed by atoms with van der Waals surface area (Å²) >= 11 is 0. The van der Waals surface area contributed by atoms with Crippen LogP contribution in [0.25, 0.3) is 99.6 Å². The summed E-state index contributed by atoms with van der Waals surface area (Å²) in [6, 6.07) is 64.4. The zero-order valence-corrected chi connectivity index (χ0v) is 40.5. The van der Waals surface area contributed by atoms with Gasteiger partial charge in [0, 0.05) is 61.4 Å². The Hall–Kier alpha value is -8.49. The molecule has 8 nitrogen and oxygen atoms in total. The molecular formula is C62H40IrN4O4-2. The second kappa shape index (κ2) is 19.5. The van der Waals surface area contributed by atoms with E-state index in [9.17, 15) is 9.59 Å². The van der Waals surface area contributed by atoms with Gasteiger partial charge in [-0.05, 0) is 105 Å². The number of nitrogens with zero attached hydrogens (tertiary/aromatic N) is 4. The standard InChI is InChI=1S/C62H40N4O4.Ir/c67-61-53-12-6-29-64-58(53)52-27-18-39(35-56(52)69-61)14-15-40-32-41(16-17-42-36-57-60(66-38-42)59-54(62(68)70-57)13-7-30-65-59)34-49(33-40)51-11-5-4-10-50(51)46-23-25-47(26-24-46)55-37-48(28-31-63-55)45-21-19-44(20-22-45)43-8-2-1-3-9-43;/h1-13,18-25,28-38H,14-17H2;/q-2;. The zero-order chi connectivity index (χ0) is 47.0. The second-order valence-electron chi connectivity index (χ2n) is 17.5. The minimum Gasteiger partial charge on any atom is -0.472 e. The fourth-order valence-corrected chi connectivity index (χ4v) is 9.41. The SMILES string of the molecule is O=c1oc2cc(CCc3cc(CCc4cnc5c(c4)oc(=O)c4cccnc45)cc(-c4ccccc4-c4c[c-]c(-c5cc(-c6ccc(-c7ccccc7)cc6)ccn5)cc4)c3)c[c-]c2c2ncccc12.[Ir]. The van der Waals surface area contributed by atoms with E-state index in [-0.39, 0.29) is 20.1 Å². The Morgan fingerprint density at radius 1 is 0.408 bits per heavy atom. The Morgan fingerprint density at radius 2 is 1.01 bits per heavy atom. The average Bonchev–Trinajstić information content (AvgIpc) is 3.42. The Balaban J connectivity index is 0.00000547. The summed E-state index contributed by atoms with van der Waals surface area (Å²) in [5.41, 5.74) is 16.7. The number of fused-ring (bicyclic) bond motifs is 6. The summed E-state index contributed by atoms with van der Waals surface area (Å²) in [5, 5.41) is 1.54. The van der Waals surface area contributed by atoms with E-state index < -0.39 is 11.3 Å². The molecule has 6 aromatic carbocycles. The van der Waals surface area contributed by atoms with Crippen LogP contribution in [-0.4, -0.2) is 19.9 Å². The van der Waals surface area contributed by atoms with E-state index in [1.54, 1.807) is 36.7 Å². The van der Waals surface area contributed by atoms with E-state index in [1.807, 2.05) is 42.7 Å². The van der Waals surface area contributed by atoms with Crippen LogP contribution in [0.1, 0.15) is 22.3 Å². The molecule has 343 valence electrons. The number of rotatable bonds is 11.